The van der Waals surface area contributed by atoms with Gasteiger partial charge in [0.25, 0.3) is 11.8 Å². The van der Waals surface area contributed by atoms with Gasteiger partial charge in [0.1, 0.15) is 11.5 Å². The molecule has 0 aliphatic carbocycles. The second-order valence-corrected chi connectivity index (χ2v) is 7.72. The van der Waals surface area contributed by atoms with Crippen LogP contribution in [-0.2, 0) is 4.74 Å². The maximum atomic E-state index is 14.3. The molecule has 0 saturated carbocycles. The lowest BCUT2D eigenvalue weighted by Crippen LogP contribution is -2.36. The van der Waals surface area contributed by atoms with Gasteiger partial charge in [-0.15, -0.1) is 0 Å². The summed E-state index contributed by atoms with van der Waals surface area (Å²) in [4.78, 5) is 26.9. The number of nitrogens with zero attached hydrogens (tertiary/aromatic N) is 2. The monoisotopic (exact) mass is 452 g/mol. The summed E-state index contributed by atoms with van der Waals surface area (Å²) in [6.45, 7) is 6.59. The first kappa shape index (κ1) is 22.5. The zero-order valence-electron chi connectivity index (χ0n) is 18.5. The van der Waals surface area contributed by atoms with Gasteiger partial charge in [-0.1, -0.05) is 11.2 Å². The fourth-order valence-electron chi connectivity index (χ4n) is 3.65. The maximum absolute atomic E-state index is 14.3. The van der Waals surface area contributed by atoms with Gasteiger partial charge < -0.3 is 24.8 Å². The molecule has 0 unspecified atom stereocenters. The van der Waals surface area contributed by atoms with Crippen LogP contribution in [0.3, 0.4) is 0 Å². The molecule has 0 spiro atoms. The molecule has 0 atom stereocenters. The topological polar surface area (TPSA) is 96.7 Å². The smallest absolute Gasteiger partial charge is 0.289 e. The van der Waals surface area contributed by atoms with Gasteiger partial charge in [0.15, 0.2) is 0 Å². The van der Waals surface area contributed by atoms with Crippen molar-refractivity contribution in [1.29, 1.82) is 0 Å². The third-order valence-electron chi connectivity index (χ3n) is 5.36. The molecule has 9 heteroatoms. The summed E-state index contributed by atoms with van der Waals surface area (Å²) in [5.74, 6) is -1.15. The van der Waals surface area contributed by atoms with Crippen molar-refractivity contribution in [3.63, 3.8) is 0 Å². The zero-order chi connectivity index (χ0) is 23.4. The number of benzene rings is 2. The van der Waals surface area contributed by atoms with Crippen molar-refractivity contribution in [1.82, 2.24) is 10.5 Å². The van der Waals surface area contributed by atoms with Crippen LogP contribution in [0.15, 0.2) is 47.0 Å². The Kier molecular flexibility index (Phi) is 6.69. The molecule has 2 amide bonds. The van der Waals surface area contributed by atoms with Gasteiger partial charge in [-0.05, 0) is 49.7 Å². The van der Waals surface area contributed by atoms with Crippen LogP contribution in [0.5, 0.6) is 0 Å². The molecule has 1 aliphatic rings. The number of aryl methyl sites for hydroxylation is 1. The lowest BCUT2D eigenvalue weighted by atomic mass is 10.0. The number of halogens is 1. The van der Waals surface area contributed by atoms with Crippen LogP contribution < -0.4 is 15.5 Å². The Labute approximate surface area is 190 Å². The van der Waals surface area contributed by atoms with Gasteiger partial charge in [-0.3, -0.25) is 9.59 Å². The summed E-state index contributed by atoms with van der Waals surface area (Å²) in [5.41, 5.74) is 3.46. The van der Waals surface area contributed by atoms with Gasteiger partial charge in [0, 0.05) is 48.2 Å². The maximum Gasteiger partial charge on any atom is 0.289 e. The number of rotatable bonds is 6. The quantitative estimate of drug-likeness (QED) is 0.593. The highest BCUT2D eigenvalue weighted by Crippen LogP contribution is 2.27. The minimum absolute atomic E-state index is 0.107. The summed E-state index contributed by atoms with van der Waals surface area (Å²) in [5, 5.41) is 9.47. The Bertz CT molecular complexity index is 1170. The predicted molar refractivity (Wildman–Crippen MR) is 122 cm³/mol. The summed E-state index contributed by atoms with van der Waals surface area (Å²) in [6.07, 6.45) is 0. The number of aromatic nitrogens is 1. The standard InChI is InChI=1S/C24H25FN4O4/c1-3-26-24(31)22-14-21(28-33-22)20-13-18(5-4-15(20)2)27-23(30)16-10-17(25)12-19(11-16)29-6-8-32-9-7-29/h4-5,10-14H,3,6-9H2,1-2H3,(H,26,31)(H,27,30). The second kappa shape index (κ2) is 9.83. The minimum Gasteiger partial charge on any atom is -0.378 e. The number of carbonyl (C=O) groups is 2. The van der Waals surface area contributed by atoms with E-state index in [-0.39, 0.29) is 17.2 Å². The molecule has 2 N–H and O–H groups in total. The average molecular weight is 452 g/mol. The van der Waals surface area contributed by atoms with Gasteiger partial charge in [-0.25, -0.2) is 4.39 Å². The third kappa shape index (κ3) is 5.20. The molecule has 172 valence electrons. The van der Waals surface area contributed by atoms with Crippen molar-refractivity contribution in [3.8, 4) is 11.3 Å². The molecular formula is C24H25FN4O4. The number of anilines is 2. The predicted octanol–water partition coefficient (Wildman–Crippen LogP) is 3.63. The lowest BCUT2D eigenvalue weighted by Gasteiger charge is -2.29. The number of morpholine rings is 1. The molecular weight excluding hydrogens is 427 g/mol. The Hall–Kier alpha value is -3.72. The van der Waals surface area contributed by atoms with Crippen molar-refractivity contribution >= 4 is 23.2 Å². The largest absolute Gasteiger partial charge is 0.378 e. The van der Waals surface area contributed by atoms with Crippen LogP contribution in [-0.4, -0.2) is 49.8 Å². The van der Waals surface area contributed by atoms with Crippen molar-refractivity contribution in [2.24, 2.45) is 0 Å². The van der Waals surface area contributed by atoms with E-state index in [1.165, 1.54) is 12.1 Å². The van der Waals surface area contributed by atoms with E-state index in [0.717, 1.165) is 5.56 Å². The Balaban J connectivity index is 1.55. The van der Waals surface area contributed by atoms with Crippen LogP contribution in [0.4, 0.5) is 15.8 Å². The fraction of sp³-hybridized carbons (Fsp3) is 0.292. The van der Waals surface area contributed by atoms with E-state index in [0.29, 0.717) is 55.5 Å². The first-order valence-corrected chi connectivity index (χ1v) is 10.7. The number of carbonyl (C=O) groups excluding carboxylic acids is 2. The number of hydrogen-bond donors (Lipinski definition) is 2. The van der Waals surface area contributed by atoms with Gasteiger partial charge in [0.2, 0.25) is 5.76 Å². The summed E-state index contributed by atoms with van der Waals surface area (Å²) in [7, 11) is 0. The Morgan fingerprint density at radius 1 is 1.09 bits per heavy atom. The van der Waals surface area contributed by atoms with Crippen LogP contribution in [0.1, 0.15) is 33.4 Å². The number of ether oxygens (including phenoxy) is 1. The Morgan fingerprint density at radius 2 is 1.88 bits per heavy atom. The summed E-state index contributed by atoms with van der Waals surface area (Å²) >= 11 is 0. The normalized spacial score (nSPS) is 13.6. The van der Waals surface area contributed by atoms with E-state index in [1.807, 2.05) is 24.8 Å². The van der Waals surface area contributed by atoms with Gasteiger partial charge in [-0.2, -0.15) is 0 Å². The highest BCUT2D eigenvalue weighted by molar-refractivity contribution is 6.05. The molecule has 2 heterocycles. The highest BCUT2D eigenvalue weighted by Gasteiger charge is 2.18. The van der Waals surface area contributed by atoms with E-state index in [2.05, 4.69) is 15.8 Å². The summed E-state index contributed by atoms with van der Waals surface area (Å²) < 4.78 is 24.8. The number of amides is 2. The molecule has 1 aromatic heterocycles. The van der Waals surface area contributed by atoms with Crippen molar-refractivity contribution in [3.05, 3.63) is 65.2 Å². The number of hydrogen-bond acceptors (Lipinski definition) is 6. The fourth-order valence-corrected chi connectivity index (χ4v) is 3.65. The van der Waals surface area contributed by atoms with Crippen molar-refractivity contribution in [2.45, 2.75) is 13.8 Å². The van der Waals surface area contributed by atoms with Crippen molar-refractivity contribution in [2.75, 3.05) is 43.1 Å². The molecule has 1 aliphatic heterocycles. The molecule has 0 bridgehead atoms. The van der Waals surface area contributed by atoms with E-state index in [1.54, 1.807) is 24.3 Å². The van der Waals surface area contributed by atoms with Crippen molar-refractivity contribution < 1.29 is 23.2 Å². The molecule has 3 aromatic rings. The Morgan fingerprint density at radius 3 is 2.64 bits per heavy atom. The van der Waals surface area contributed by atoms with E-state index < -0.39 is 11.7 Å². The zero-order valence-corrected chi connectivity index (χ0v) is 18.5. The molecule has 2 aromatic carbocycles. The third-order valence-corrected chi connectivity index (χ3v) is 5.36. The molecule has 1 fully saturated rings. The molecule has 0 radical (unpaired) electrons. The lowest BCUT2D eigenvalue weighted by molar-refractivity contribution is 0.0918. The average Bonchev–Trinajstić information content (AvgIpc) is 3.31. The van der Waals surface area contributed by atoms with E-state index in [9.17, 15) is 14.0 Å². The van der Waals surface area contributed by atoms with Crippen LogP contribution in [0.2, 0.25) is 0 Å². The van der Waals surface area contributed by atoms with E-state index >= 15 is 0 Å². The highest BCUT2D eigenvalue weighted by atomic mass is 19.1. The van der Waals surface area contributed by atoms with Crippen LogP contribution in [0, 0.1) is 12.7 Å². The van der Waals surface area contributed by atoms with Gasteiger partial charge in [0.05, 0.1) is 13.2 Å². The molecule has 33 heavy (non-hydrogen) atoms. The van der Waals surface area contributed by atoms with Gasteiger partial charge >= 0.3 is 0 Å². The second-order valence-electron chi connectivity index (χ2n) is 7.72. The first-order valence-electron chi connectivity index (χ1n) is 10.7. The molecule has 8 nitrogen and oxygen atoms in total. The first-order chi connectivity index (χ1) is 15.9. The number of nitrogens with one attached hydrogen (secondary N) is 2. The molecule has 4 rings (SSSR count). The van der Waals surface area contributed by atoms with Crippen LogP contribution in [0.25, 0.3) is 11.3 Å². The molecule has 1 saturated heterocycles. The SMILES string of the molecule is CCNC(=O)c1cc(-c2cc(NC(=O)c3cc(F)cc(N4CCOCC4)c3)ccc2C)no1. The summed E-state index contributed by atoms with van der Waals surface area (Å²) in [6, 6.07) is 11.2. The van der Waals surface area contributed by atoms with Crippen LogP contribution >= 0.6 is 0 Å². The van der Waals surface area contributed by atoms with E-state index in [4.69, 9.17) is 9.26 Å². The minimum atomic E-state index is -0.478.